The van der Waals surface area contributed by atoms with E-state index >= 15 is 0 Å². The van der Waals surface area contributed by atoms with E-state index in [0.29, 0.717) is 48.5 Å². The molecule has 29 heavy (non-hydrogen) atoms. The van der Waals surface area contributed by atoms with Gasteiger partial charge in [-0.1, -0.05) is 29.3 Å². The van der Waals surface area contributed by atoms with Crippen molar-refractivity contribution in [2.24, 2.45) is 5.92 Å². The van der Waals surface area contributed by atoms with E-state index < -0.39 is 0 Å². The molecule has 0 bridgehead atoms. The molecule has 1 amide bonds. The second-order valence-electron chi connectivity index (χ2n) is 6.92. The Morgan fingerprint density at radius 1 is 1.17 bits per heavy atom. The predicted octanol–water partition coefficient (Wildman–Crippen LogP) is 3.20. The first-order valence-electron chi connectivity index (χ1n) is 9.30. The molecule has 2 aromatic rings. The minimum atomic E-state index is -0.338. The first-order valence-corrected chi connectivity index (χ1v) is 10.1. The Balaban J connectivity index is 1.43. The Hall–Kier alpha value is -2.38. The van der Waals surface area contributed by atoms with Crippen LogP contribution in [0, 0.1) is 5.92 Å². The third-order valence-corrected chi connectivity index (χ3v) is 5.57. The molecule has 0 N–H and O–H groups in total. The zero-order valence-electron chi connectivity index (χ0n) is 16.1. The number of anilines is 1. The van der Waals surface area contributed by atoms with Gasteiger partial charge in [-0.25, -0.2) is 9.97 Å². The number of benzene rings is 1. The van der Waals surface area contributed by atoms with Gasteiger partial charge in [0.15, 0.2) is 6.61 Å². The van der Waals surface area contributed by atoms with Crippen molar-refractivity contribution in [1.29, 1.82) is 0 Å². The van der Waals surface area contributed by atoms with Crippen molar-refractivity contribution in [3.63, 3.8) is 0 Å². The number of piperidine rings is 1. The minimum absolute atomic E-state index is 0.219. The Morgan fingerprint density at radius 2 is 1.86 bits per heavy atom. The molecular weight excluding hydrogens is 415 g/mol. The average Bonchev–Trinajstić information content (AvgIpc) is 2.75. The lowest BCUT2D eigenvalue weighted by Gasteiger charge is -2.30. The first kappa shape index (κ1) is 21.3. The highest BCUT2D eigenvalue weighted by Gasteiger charge is 2.28. The second kappa shape index (κ2) is 9.89. The van der Waals surface area contributed by atoms with Crippen molar-refractivity contribution in [2.75, 3.05) is 31.6 Å². The summed E-state index contributed by atoms with van der Waals surface area (Å²) in [6.45, 7) is 1.42. The number of hydrogen-bond acceptors (Lipinski definition) is 6. The maximum atomic E-state index is 12.3. The number of halogens is 2. The van der Waals surface area contributed by atoms with Gasteiger partial charge in [0.05, 0.1) is 16.0 Å². The average molecular weight is 437 g/mol. The summed E-state index contributed by atoms with van der Waals surface area (Å²) in [7, 11) is 1.65. The van der Waals surface area contributed by atoms with E-state index in [1.807, 2.05) is 4.90 Å². The van der Waals surface area contributed by atoms with Gasteiger partial charge in [-0.05, 0) is 36.6 Å². The molecule has 2 heterocycles. The van der Waals surface area contributed by atoms with E-state index in [9.17, 15) is 9.59 Å². The van der Waals surface area contributed by atoms with Gasteiger partial charge < -0.3 is 14.5 Å². The molecule has 9 heteroatoms. The Labute approximate surface area is 179 Å². The number of esters is 1. The van der Waals surface area contributed by atoms with Crippen LogP contribution in [0.1, 0.15) is 18.4 Å². The highest BCUT2D eigenvalue weighted by Crippen LogP contribution is 2.23. The van der Waals surface area contributed by atoms with E-state index in [0.717, 1.165) is 5.56 Å². The number of nitrogens with zero attached hydrogens (tertiary/aromatic N) is 4. The minimum Gasteiger partial charge on any atom is -0.455 e. The van der Waals surface area contributed by atoms with E-state index in [2.05, 4.69) is 9.97 Å². The molecule has 0 unspecified atom stereocenters. The second-order valence-corrected chi connectivity index (χ2v) is 7.73. The third-order valence-electron chi connectivity index (χ3n) is 4.83. The smallest absolute Gasteiger partial charge is 0.309 e. The van der Waals surface area contributed by atoms with Gasteiger partial charge in [-0.15, -0.1) is 0 Å². The number of ether oxygens (including phenoxy) is 1. The van der Waals surface area contributed by atoms with Gasteiger partial charge in [0.1, 0.15) is 0 Å². The van der Waals surface area contributed by atoms with Gasteiger partial charge >= 0.3 is 5.97 Å². The Morgan fingerprint density at radius 3 is 2.52 bits per heavy atom. The molecule has 0 spiro atoms. The highest BCUT2D eigenvalue weighted by atomic mass is 35.5. The number of aromatic nitrogens is 2. The van der Waals surface area contributed by atoms with E-state index in [-0.39, 0.29) is 24.4 Å². The molecule has 1 aromatic heterocycles. The number of rotatable bonds is 6. The van der Waals surface area contributed by atoms with Gasteiger partial charge in [0, 0.05) is 39.1 Å². The monoisotopic (exact) mass is 436 g/mol. The lowest BCUT2D eigenvalue weighted by atomic mass is 9.97. The summed E-state index contributed by atoms with van der Waals surface area (Å²) in [6.07, 6.45) is 4.68. The third kappa shape index (κ3) is 5.81. The van der Waals surface area contributed by atoms with Crippen LogP contribution in [0.3, 0.4) is 0 Å². The van der Waals surface area contributed by atoms with Crippen LogP contribution in [-0.2, 0) is 20.9 Å². The van der Waals surface area contributed by atoms with Crippen molar-refractivity contribution in [2.45, 2.75) is 19.4 Å². The van der Waals surface area contributed by atoms with E-state index in [1.165, 1.54) is 4.90 Å². The van der Waals surface area contributed by atoms with Crippen LogP contribution in [0.5, 0.6) is 0 Å². The predicted molar refractivity (Wildman–Crippen MR) is 111 cm³/mol. The van der Waals surface area contributed by atoms with Crippen molar-refractivity contribution in [1.82, 2.24) is 14.9 Å². The molecule has 7 nitrogen and oxygen atoms in total. The summed E-state index contributed by atoms with van der Waals surface area (Å²) < 4.78 is 5.26. The van der Waals surface area contributed by atoms with Crippen LogP contribution < -0.4 is 4.90 Å². The molecule has 154 valence electrons. The Kier molecular flexibility index (Phi) is 7.28. The van der Waals surface area contributed by atoms with E-state index in [4.69, 9.17) is 27.9 Å². The van der Waals surface area contributed by atoms with Crippen molar-refractivity contribution >= 4 is 41.0 Å². The van der Waals surface area contributed by atoms with Gasteiger partial charge in [0.2, 0.25) is 5.95 Å². The zero-order valence-corrected chi connectivity index (χ0v) is 17.6. The van der Waals surface area contributed by atoms with E-state index in [1.54, 1.807) is 43.7 Å². The maximum Gasteiger partial charge on any atom is 0.309 e. The summed E-state index contributed by atoms with van der Waals surface area (Å²) in [5.41, 5.74) is 0.845. The fourth-order valence-electron chi connectivity index (χ4n) is 3.13. The van der Waals surface area contributed by atoms with Crippen LogP contribution in [0.2, 0.25) is 10.0 Å². The molecule has 3 rings (SSSR count). The SMILES string of the molecule is CN(Cc1ccc(Cl)c(Cl)c1)C(=O)COC(=O)C1CCN(c2ncccn2)CC1. The van der Waals surface area contributed by atoms with Crippen LogP contribution in [-0.4, -0.2) is 53.5 Å². The van der Waals surface area contributed by atoms with Crippen molar-refractivity contribution in [3.05, 3.63) is 52.3 Å². The first-order chi connectivity index (χ1) is 13.9. The van der Waals surface area contributed by atoms with Crippen LogP contribution >= 0.6 is 23.2 Å². The number of likely N-dealkylation sites (N-methyl/N-ethyl adjacent to an activating group) is 1. The summed E-state index contributed by atoms with van der Waals surface area (Å²) in [6, 6.07) is 6.96. The molecule has 1 aliphatic heterocycles. The molecule has 1 fully saturated rings. The highest BCUT2D eigenvalue weighted by molar-refractivity contribution is 6.42. The van der Waals surface area contributed by atoms with Crippen LogP contribution in [0.15, 0.2) is 36.7 Å². The normalized spacial score (nSPS) is 14.5. The molecular formula is C20H22Cl2N4O3. The molecule has 1 saturated heterocycles. The standard InChI is InChI=1S/C20H22Cl2N4O3/c1-25(12-14-3-4-16(21)17(22)11-14)18(27)13-29-19(28)15-5-9-26(10-6-15)20-23-7-2-8-24-20/h2-4,7-8,11,15H,5-6,9-10,12-13H2,1H3. The number of amides is 1. The van der Waals surface area contributed by atoms with Crippen molar-refractivity contribution in [3.8, 4) is 0 Å². The van der Waals surface area contributed by atoms with Gasteiger partial charge in [-0.2, -0.15) is 0 Å². The number of hydrogen-bond donors (Lipinski definition) is 0. The Bertz CT molecular complexity index is 858. The quantitative estimate of drug-likeness (QED) is 0.647. The molecule has 1 aliphatic rings. The van der Waals surface area contributed by atoms with Crippen LogP contribution in [0.25, 0.3) is 0 Å². The molecule has 1 aromatic carbocycles. The molecule has 0 saturated carbocycles. The summed E-state index contributed by atoms with van der Waals surface area (Å²) in [5, 5.41) is 0.895. The molecule has 0 radical (unpaired) electrons. The lowest BCUT2D eigenvalue weighted by Crippen LogP contribution is -2.38. The zero-order chi connectivity index (χ0) is 20.8. The molecule has 0 aliphatic carbocycles. The number of carbonyl (C=O) groups is 2. The maximum absolute atomic E-state index is 12.3. The number of carbonyl (C=O) groups excluding carboxylic acids is 2. The fourth-order valence-corrected chi connectivity index (χ4v) is 3.45. The molecule has 0 atom stereocenters. The topological polar surface area (TPSA) is 75.6 Å². The summed E-state index contributed by atoms with van der Waals surface area (Å²) >= 11 is 11.9. The summed E-state index contributed by atoms with van der Waals surface area (Å²) in [4.78, 5) is 36.6. The van der Waals surface area contributed by atoms with Gasteiger partial charge in [0.25, 0.3) is 5.91 Å². The largest absolute Gasteiger partial charge is 0.455 e. The summed E-state index contributed by atoms with van der Waals surface area (Å²) in [5.74, 6) is -0.170. The van der Waals surface area contributed by atoms with Gasteiger partial charge in [-0.3, -0.25) is 9.59 Å². The van der Waals surface area contributed by atoms with Crippen LogP contribution in [0.4, 0.5) is 5.95 Å². The van der Waals surface area contributed by atoms with Crippen molar-refractivity contribution < 1.29 is 14.3 Å². The fraction of sp³-hybridized carbons (Fsp3) is 0.400. The lowest BCUT2D eigenvalue weighted by molar-refractivity contribution is -0.155.